The molecule has 0 bridgehead atoms. The van der Waals surface area contributed by atoms with Gasteiger partial charge in [-0.2, -0.15) is 0 Å². The molecule has 2 heterocycles. The quantitative estimate of drug-likeness (QED) is 0.225. The number of nitrogens with one attached hydrogen (secondary N) is 3. The summed E-state index contributed by atoms with van der Waals surface area (Å²) >= 11 is 0. The summed E-state index contributed by atoms with van der Waals surface area (Å²) in [6, 6.07) is 0. The van der Waals surface area contributed by atoms with E-state index in [1.54, 1.807) is 19.3 Å². The first-order chi connectivity index (χ1) is 14.9. The molecule has 9 nitrogen and oxygen atoms in total. The molecule has 4 N–H and O–H groups in total. The van der Waals surface area contributed by atoms with Gasteiger partial charge in [0.2, 0.25) is 5.91 Å². The summed E-state index contributed by atoms with van der Waals surface area (Å²) < 4.78 is 5.07. The fourth-order valence-electron chi connectivity index (χ4n) is 4.65. The molecule has 0 radical (unpaired) electrons. The van der Waals surface area contributed by atoms with Gasteiger partial charge in [-0.3, -0.25) is 24.4 Å². The largest absolute Gasteiger partial charge is 0.466 e. The highest BCUT2D eigenvalue weighted by molar-refractivity contribution is 6.19. The number of ether oxygens (including phenoxy) is 1. The maximum Gasteiger partial charge on any atom is 0.313 e. The van der Waals surface area contributed by atoms with Crippen LogP contribution in [0.1, 0.15) is 60.8 Å². The fraction of sp³-hybridized carbons (Fsp3) is 0.652. The van der Waals surface area contributed by atoms with Crippen LogP contribution in [-0.2, 0) is 23.9 Å². The smallest absolute Gasteiger partial charge is 0.313 e. The third-order valence-electron chi connectivity index (χ3n) is 5.92. The van der Waals surface area contributed by atoms with Gasteiger partial charge >= 0.3 is 5.97 Å². The van der Waals surface area contributed by atoms with E-state index in [2.05, 4.69) is 10.6 Å². The predicted molar refractivity (Wildman–Crippen MR) is 117 cm³/mol. The highest BCUT2D eigenvalue weighted by Crippen LogP contribution is 2.41. The van der Waals surface area contributed by atoms with Crippen LogP contribution in [0.4, 0.5) is 0 Å². The van der Waals surface area contributed by atoms with Gasteiger partial charge in [-0.25, -0.2) is 5.48 Å². The Balaban J connectivity index is 2.44. The number of hydrogen-bond acceptors (Lipinski definition) is 8. The third kappa shape index (κ3) is 4.72. The highest BCUT2D eigenvalue weighted by atomic mass is 16.5. The fourth-order valence-corrected chi connectivity index (χ4v) is 4.65. The monoisotopic (exact) mass is 449 g/mol. The van der Waals surface area contributed by atoms with Gasteiger partial charge in [0.05, 0.1) is 18.9 Å². The molecule has 2 aliphatic rings. The van der Waals surface area contributed by atoms with Crippen molar-refractivity contribution in [2.75, 3.05) is 6.61 Å². The van der Waals surface area contributed by atoms with E-state index in [1.807, 2.05) is 27.7 Å². The minimum Gasteiger partial charge on any atom is -0.466 e. The first-order valence-electron chi connectivity index (χ1n) is 11.1. The Bertz CT molecular complexity index is 847. The van der Waals surface area contributed by atoms with Crippen LogP contribution >= 0.6 is 0 Å². The Labute approximate surface area is 189 Å². The van der Waals surface area contributed by atoms with Crippen molar-refractivity contribution in [1.82, 2.24) is 16.1 Å². The molecule has 178 valence electrons. The molecular weight excluding hydrogens is 414 g/mol. The summed E-state index contributed by atoms with van der Waals surface area (Å²) in [6.07, 6.45) is 3.40. The van der Waals surface area contributed by atoms with Crippen LogP contribution in [0.25, 0.3) is 0 Å². The van der Waals surface area contributed by atoms with E-state index in [4.69, 9.17) is 9.94 Å². The van der Waals surface area contributed by atoms with Crippen molar-refractivity contribution < 1.29 is 29.1 Å². The Hall–Kier alpha value is -2.68. The van der Waals surface area contributed by atoms with E-state index in [1.165, 1.54) is 12.4 Å². The first-order valence-corrected chi connectivity index (χ1v) is 11.1. The van der Waals surface area contributed by atoms with Crippen molar-refractivity contribution in [1.29, 1.82) is 0 Å². The normalized spacial score (nSPS) is 25.9. The van der Waals surface area contributed by atoms with Crippen LogP contribution < -0.4 is 16.1 Å². The minimum absolute atomic E-state index is 0.0478. The molecular formula is C23H35N3O6. The molecule has 0 fully saturated rings. The number of hydrogen-bond donors (Lipinski definition) is 4. The number of rotatable bonds is 10. The van der Waals surface area contributed by atoms with Crippen LogP contribution in [0.3, 0.4) is 0 Å². The topological polar surface area (TPSA) is 134 Å². The molecule has 3 atom stereocenters. The summed E-state index contributed by atoms with van der Waals surface area (Å²) in [5, 5.41) is 15.2. The van der Waals surface area contributed by atoms with Crippen LogP contribution in [0.15, 0.2) is 23.5 Å². The average molecular weight is 450 g/mol. The van der Waals surface area contributed by atoms with Gasteiger partial charge < -0.3 is 15.4 Å². The van der Waals surface area contributed by atoms with E-state index in [-0.39, 0.29) is 47.6 Å². The lowest BCUT2D eigenvalue weighted by molar-refractivity contribution is -0.146. The number of carbonyl (C=O) groups is 4. The maximum absolute atomic E-state index is 13.7. The average Bonchev–Trinajstić information content (AvgIpc) is 3.18. The SMILES string of the molecule is CCOC(=O)C(C)C1=CN[C@@](CC(C)C)(C2=CN[C@](CC(=O)NO)(CC(C)C)C2=O)C1=O. The molecule has 0 aliphatic carbocycles. The molecule has 0 saturated heterocycles. The molecule has 1 unspecified atom stereocenters. The standard InChI is InChI=1S/C23H35N3O6/c1-7-32-21(30)15(6)16-11-25-23(19(16)28,9-14(4)5)17-12-24-22(20(17)29,8-13(2)3)10-18(27)26-31/h11-15,24-25,31H,7-10H2,1-6H3,(H,26,27)/t15?,22-,23-/m0/s1. The van der Waals surface area contributed by atoms with Gasteiger partial charge in [0, 0.05) is 23.5 Å². The van der Waals surface area contributed by atoms with Crippen molar-refractivity contribution in [3.8, 4) is 0 Å². The Kier molecular flexibility index (Phi) is 7.88. The van der Waals surface area contributed by atoms with E-state index < -0.39 is 28.9 Å². The Morgan fingerprint density at radius 3 is 2.19 bits per heavy atom. The lowest BCUT2D eigenvalue weighted by Gasteiger charge is -2.34. The zero-order chi connectivity index (χ0) is 24.3. The summed E-state index contributed by atoms with van der Waals surface area (Å²) in [6.45, 7) is 11.2. The van der Waals surface area contributed by atoms with Crippen molar-refractivity contribution in [2.24, 2.45) is 17.8 Å². The molecule has 0 aromatic heterocycles. The Morgan fingerprint density at radius 1 is 1.03 bits per heavy atom. The summed E-state index contributed by atoms with van der Waals surface area (Å²) in [5.74, 6) is -2.58. The lowest BCUT2D eigenvalue weighted by atomic mass is 9.72. The summed E-state index contributed by atoms with van der Waals surface area (Å²) in [5.41, 5.74) is -0.534. The second-order valence-corrected chi connectivity index (χ2v) is 9.47. The van der Waals surface area contributed by atoms with Crippen LogP contribution in [0.2, 0.25) is 0 Å². The van der Waals surface area contributed by atoms with Crippen molar-refractivity contribution >= 4 is 23.4 Å². The van der Waals surface area contributed by atoms with Crippen molar-refractivity contribution in [3.05, 3.63) is 23.5 Å². The van der Waals surface area contributed by atoms with Crippen LogP contribution in [0, 0.1) is 17.8 Å². The second-order valence-electron chi connectivity index (χ2n) is 9.47. The maximum atomic E-state index is 13.7. The first kappa shape index (κ1) is 25.6. The molecule has 32 heavy (non-hydrogen) atoms. The van der Waals surface area contributed by atoms with Gasteiger partial charge in [0.1, 0.15) is 11.1 Å². The van der Waals surface area contributed by atoms with E-state index in [0.717, 1.165) is 0 Å². The summed E-state index contributed by atoms with van der Waals surface area (Å²) in [4.78, 5) is 51.7. The van der Waals surface area contributed by atoms with Gasteiger partial charge in [-0.15, -0.1) is 0 Å². The number of ketones is 2. The van der Waals surface area contributed by atoms with Gasteiger partial charge in [-0.1, -0.05) is 27.7 Å². The highest BCUT2D eigenvalue weighted by Gasteiger charge is 2.57. The number of carbonyl (C=O) groups excluding carboxylic acids is 4. The molecule has 2 rings (SSSR count). The predicted octanol–water partition coefficient (Wildman–Crippen LogP) is 1.76. The Morgan fingerprint density at radius 2 is 1.66 bits per heavy atom. The zero-order valence-corrected chi connectivity index (χ0v) is 19.7. The van der Waals surface area contributed by atoms with E-state index in [0.29, 0.717) is 12.8 Å². The van der Waals surface area contributed by atoms with Crippen LogP contribution in [0.5, 0.6) is 0 Å². The van der Waals surface area contributed by atoms with Crippen molar-refractivity contribution in [3.63, 3.8) is 0 Å². The third-order valence-corrected chi connectivity index (χ3v) is 5.92. The molecule has 1 amide bonds. The van der Waals surface area contributed by atoms with Gasteiger partial charge in [0.15, 0.2) is 11.6 Å². The van der Waals surface area contributed by atoms with Crippen LogP contribution in [-0.4, -0.2) is 46.3 Å². The van der Waals surface area contributed by atoms with Gasteiger partial charge in [-0.05, 0) is 38.5 Å². The zero-order valence-electron chi connectivity index (χ0n) is 19.7. The molecule has 0 spiro atoms. The molecule has 0 aromatic rings. The number of hydroxylamine groups is 1. The molecule has 0 aromatic carbocycles. The number of amides is 1. The molecule has 2 aliphatic heterocycles. The number of Topliss-reactive ketones (excluding diaryl/α,β-unsaturated/α-hetero) is 2. The lowest BCUT2D eigenvalue weighted by Crippen LogP contribution is -2.55. The molecule has 0 saturated carbocycles. The molecule has 9 heteroatoms. The van der Waals surface area contributed by atoms with Crippen molar-refractivity contribution in [2.45, 2.75) is 71.9 Å². The summed E-state index contributed by atoms with van der Waals surface area (Å²) in [7, 11) is 0. The second kappa shape index (κ2) is 9.85. The van der Waals surface area contributed by atoms with Gasteiger partial charge in [0.25, 0.3) is 0 Å². The van der Waals surface area contributed by atoms with E-state index >= 15 is 0 Å². The minimum atomic E-state index is -1.34. The number of esters is 1. The van der Waals surface area contributed by atoms with E-state index in [9.17, 15) is 19.2 Å².